The highest BCUT2D eigenvalue weighted by molar-refractivity contribution is 6.22. The number of anilines is 2. The number of amides is 3. The summed E-state index contributed by atoms with van der Waals surface area (Å²) in [6.45, 7) is 6.03. The van der Waals surface area contributed by atoms with E-state index >= 15 is 0 Å². The van der Waals surface area contributed by atoms with Crippen LogP contribution in [0.3, 0.4) is 0 Å². The van der Waals surface area contributed by atoms with E-state index in [1.54, 1.807) is 30.0 Å². The summed E-state index contributed by atoms with van der Waals surface area (Å²) in [5.41, 5.74) is 4.16. The monoisotopic (exact) mass is 474 g/mol. The zero-order valence-electron chi connectivity index (χ0n) is 20.4. The molecule has 7 heteroatoms. The van der Waals surface area contributed by atoms with Crippen molar-refractivity contribution in [1.82, 2.24) is 0 Å². The molecule has 0 bridgehead atoms. The zero-order chi connectivity index (χ0) is 24.9. The minimum atomic E-state index is -0.562. The number of nitrogens with zero attached hydrogens (tertiary/aromatic N) is 2. The highest BCUT2D eigenvalue weighted by atomic mass is 16.5. The minimum absolute atomic E-state index is 0.0991. The smallest absolute Gasteiger partial charge is 0.316 e. The summed E-state index contributed by atoms with van der Waals surface area (Å²) in [7, 11) is 0. The Morgan fingerprint density at radius 1 is 0.857 bits per heavy atom. The van der Waals surface area contributed by atoms with Gasteiger partial charge in [0.15, 0.2) is 0 Å². The number of hydrogen-bond donors (Lipinski definition) is 0. The van der Waals surface area contributed by atoms with Crippen LogP contribution in [0.1, 0.15) is 48.8 Å². The number of rotatable bonds is 4. The number of fused-ring (bicyclic) bond motifs is 1. The van der Waals surface area contributed by atoms with Gasteiger partial charge in [-0.05, 0) is 69.0 Å². The first-order valence-electron chi connectivity index (χ1n) is 12.3. The summed E-state index contributed by atoms with van der Waals surface area (Å²) in [5, 5.41) is 0. The van der Waals surface area contributed by atoms with Gasteiger partial charge in [0, 0.05) is 18.7 Å². The van der Waals surface area contributed by atoms with Gasteiger partial charge in [-0.3, -0.25) is 19.2 Å². The fraction of sp³-hybridized carbons (Fsp3) is 0.429. The number of aryl methyl sites for hydroxylation is 3. The first-order chi connectivity index (χ1) is 16.7. The average molecular weight is 475 g/mol. The van der Waals surface area contributed by atoms with Gasteiger partial charge in [-0.15, -0.1) is 0 Å². The molecule has 35 heavy (non-hydrogen) atoms. The van der Waals surface area contributed by atoms with E-state index in [-0.39, 0.29) is 42.5 Å². The summed E-state index contributed by atoms with van der Waals surface area (Å²) in [6.07, 6.45) is 3.58. The van der Waals surface area contributed by atoms with Crippen molar-refractivity contribution in [3.05, 3.63) is 53.1 Å². The molecule has 2 aromatic carbocycles. The van der Waals surface area contributed by atoms with E-state index < -0.39 is 11.9 Å². The van der Waals surface area contributed by atoms with Crippen LogP contribution in [0.25, 0.3) is 0 Å². The van der Waals surface area contributed by atoms with Gasteiger partial charge in [0.05, 0.1) is 23.4 Å². The van der Waals surface area contributed by atoms with Crippen LogP contribution < -0.4 is 14.5 Å². The summed E-state index contributed by atoms with van der Waals surface area (Å²) in [5.74, 6) is -1.46. The third-order valence-corrected chi connectivity index (χ3v) is 7.57. The van der Waals surface area contributed by atoms with E-state index in [1.807, 2.05) is 32.0 Å². The summed E-state index contributed by atoms with van der Waals surface area (Å²) >= 11 is 0. The molecule has 7 nitrogen and oxygen atoms in total. The minimum Gasteiger partial charge on any atom is -0.426 e. The molecule has 3 amide bonds. The van der Waals surface area contributed by atoms with Crippen LogP contribution in [0.15, 0.2) is 36.4 Å². The molecule has 3 aliphatic rings. The Labute approximate surface area is 205 Å². The normalized spacial score (nSPS) is 24.2. The number of carbonyl (C=O) groups excluding carboxylic acids is 4. The van der Waals surface area contributed by atoms with Crippen molar-refractivity contribution in [3.8, 4) is 5.75 Å². The molecule has 182 valence electrons. The van der Waals surface area contributed by atoms with E-state index in [0.29, 0.717) is 17.0 Å². The first-order valence-corrected chi connectivity index (χ1v) is 12.3. The van der Waals surface area contributed by atoms with Crippen LogP contribution in [0, 0.1) is 38.5 Å². The molecule has 0 unspecified atom stereocenters. The molecule has 3 atom stereocenters. The second kappa shape index (κ2) is 8.95. The third kappa shape index (κ3) is 4.13. The second-order valence-electron chi connectivity index (χ2n) is 10.1. The van der Waals surface area contributed by atoms with Crippen molar-refractivity contribution < 1.29 is 23.9 Å². The standard InChI is InChI=1S/C28H30N2O5/c1-16-8-10-23(17(2)12-16)29-15-19(14-25(29)31)28(34)35-20-9-11-24(18(3)13-20)30-26(32)21-6-4-5-7-22(21)27(30)33/h8-13,19,21-22H,4-7,14-15H2,1-3H3/t19-,21+,22+/m1/s1. The van der Waals surface area contributed by atoms with Crippen LogP contribution in [0.2, 0.25) is 0 Å². The van der Waals surface area contributed by atoms with Gasteiger partial charge in [-0.25, -0.2) is 4.90 Å². The third-order valence-electron chi connectivity index (χ3n) is 7.57. The Bertz CT molecular complexity index is 1210. The molecule has 1 aliphatic carbocycles. The first kappa shape index (κ1) is 23.3. The molecule has 0 aromatic heterocycles. The number of ether oxygens (including phenoxy) is 1. The van der Waals surface area contributed by atoms with Crippen molar-refractivity contribution in [1.29, 1.82) is 0 Å². The van der Waals surface area contributed by atoms with Crippen molar-refractivity contribution in [2.24, 2.45) is 17.8 Å². The predicted octanol–water partition coefficient (Wildman–Crippen LogP) is 4.25. The molecule has 3 fully saturated rings. The molecule has 1 saturated carbocycles. The van der Waals surface area contributed by atoms with E-state index in [0.717, 1.165) is 42.5 Å². The topological polar surface area (TPSA) is 84.0 Å². The molecule has 0 N–H and O–H groups in total. The van der Waals surface area contributed by atoms with Crippen LogP contribution in [-0.4, -0.2) is 30.2 Å². The lowest BCUT2D eigenvalue weighted by atomic mass is 9.81. The Morgan fingerprint density at radius 3 is 2.11 bits per heavy atom. The molecule has 0 radical (unpaired) electrons. The molecule has 0 spiro atoms. The molecule has 2 heterocycles. The van der Waals surface area contributed by atoms with Crippen LogP contribution in [0.4, 0.5) is 11.4 Å². The fourth-order valence-electron chi connectivity index (χ4n) is 5.75. The Hall–Kier alpha value is -3.48. The van der Waals surface area contributed by atoms with Crippen molar-refractivity contribution in [2.45, 2.75) is 52.9 Å². The lowest BCUT2D eigenvalue weighted by Crippen LogP contribution is -2.31. The predicted molar refractivity (Wildman–Crippen MR) is 131 cm³/mol. The molecular formula is C28H30N2O5. The zero-order valence-corrected chi connectivity index (χ0v) is 20.4. The van der Waals surface area contributed by atoms with Crippen molar-refractivity contribution in [2.75, 3.05) is 16.3 Å². The van der Waals surface area contributed by atoms with E-state index in [2.05, 4.69) is 0 Å². The maximum Gasteiger partial charge on any atom is 0.316 e. The van der Waals surface area contributed by atoms with Crippen molar-refractivity contribution in [3.63, 3.8) is 0 Å². The van der Waals surface area contributed by atoms with E-state index in [4.69, 9.17) is 4.74 Å². The average Bonchev–Trinajstić information content (AvgIpc) is 3.32. The number of benzene rings is 2. The van der Waals surface area contributed by atoms with Gasteiger partial charge in [-0.2, -0.15) is 0 Å². The highest BCUT2D eigenvalue weighted by Crippen LogP contribution is 2.41. The number of carbonyl (C=O) groups is 4. The van der Waals surface area contributed by atoms with Gasteiger partial charge < -0.3 is 9.64 Å². The molecule has 5 rings (SSSR count). The summed E-state index contributed by atoms with van der Waals surface area (Å²) in [6, 6.07) is 10.8. The van der Waals surface area contributed by atoms with Crippen LogP contribution >= 0.6 is 0 Å². The largest absolute Gasteiger partial charge is 0.426 e. The van der Waals surface area contributed by atoms with E-state index in [1.165, 1.54) is 4.90 Å². The fourth-order valence-corrected chi connectivity index (χ4v) is 5.75. The van der Waals surface area contributed by atoms with Crippen molar-refractivity contribution >= 4 is 35.1 Å². The van der Waals surface area contributed by atoms with Crippen LogP contribution in [0.5, 0.6) is 5.75 Å². The van der Waals surface area contributed by atoms with Gasteiger partial charge >= 0.3 is 5.97 Å². The number of imide groups is 1. The van der Waals surface area contributed by atoms with Gasteiger partial charge in [-0.1, -0.05) is 30.5 Å². The summed E-state index contributed by atoms with van der Waals surface area (Å²) in [4.78, 5) is 54.4. The molecule has 2 aromatic rings. The maximum atomic E-state index is 12.9. The number of hydrogen-bond acceptors (Lipinski definition) is 5. The van der Waals surface area contributed by atoms with E-state index in [9.17, 15) is 19.2 Å². The Morgan fingerprint density at radius 2 is 1.49 bits per heavy atom. The van der Waals surface area contributed by atoms with Crippen LogP contribution in [-0.2, 0) is 19.2 Å². The highest BCUT2D eigenvalue weighted by Gasteiger charge is 2.49. The lowest BCUT2D eigenvalue weighted by Gasteiger charge is -2.20. The Balaban J connectivity index is 1.28. The Kier molecular flexibility index (Phi) is 5.95. The second-order valence-corrected chi connectivity index (χ2v) is 10.1. The molecule has 2 aliphatic heterocycles. The van der Waals surface area contributed by atoms with Gasteiger partial charge in [0.1, 0.15) is 5.75 Å². The SMILES string of the molecule is Cc1ccc(N2C[C@H](C(=O)Oc3ccc(N4C(=O)[C@H]5CCCC[C@@H]5C4=O)c(C)c3)CC2=O)c(C)c1. The van der Waals surface area contributed by atoms with Gasteiger partial charge in [0.2, 0.25) is 17.7 Å². The molecule has 2 saturated heterocycles. The number of esters is 1. The lowest BCUT2D eigenvalue weighted by molar-refractivity contribution is -0.139. The summed E-state index contributed by atoms with van der Waals surface area (Å²) < 4.78 is 5.62. The quantitative estimate of drug-likeness (QED) is 0.376. The molecular weight excluding hydrogens is 444 g/mol. The van der Waals surface area contributed by atoms with Gasteiger partial charge in [0.25, 0.3) is 0 Å². The maximum absolute atomic E-state index is 12.9.